The lowest BCUT2D eigenvalue weighted by Crippen LogP contribution is -2.11. The molecule has 11 rings (SSSR count). The Morgan fingerprint density at radius 2 is 0.945 bits per heavy atom. The van der Waals surface area contributed by atoms with Gasteiger partial charge in [-0.05, 0) is 75.5 Å². The van der Waals surface area contributed by atoms with Crippen molar-refractivity contribution in [1.29, 1.82) is 0 Å². The summed E-state index contributed by atoms with van der Waals surface area (Å²) in [6, 6.07) is 72.2. The molecule has 0 fully saturated rings. The molecule has 0 aliphatic carbocycles. The van der Waals surface area contributed by atoms with Crippen LogP contribution in [0.3, 0.4) is 0 Å². The van der Waals surface area contributed by atoms with Gasteiger partial charge in [0.2, 0.25) is 0 Å². The van der Waals surface area contributed by atoms with Gasteiger partial charge in [0, 0.05) is 53.4 Å². The summed E-state index contributed by atoms with van der Waals surface area (Å²) >= 11 is 1.87. The van der Waals surface area contributed by atoms with Crippen LogP contribution in [-0.2, 0) is 0 Å². The van der Waals surface area contributed by atoms with E-state index in [1.807, 2.05) is 23.5 Å². The van der Waals surface area contributed by atoms with E-state index in [2.05, 4.69) is 193 Å². The van der Waals surface area contributed by atoms with Gasteiger partial charge in [0.1, 0.15) is 11.2 Å². The number of rotatable bonds is 6. The Labute approximate surface area is 322 Å². The molecule has 258 valence electrons. The smallest absolute Gasteiger partial charge is 0.143 e. The van der Waals surface area contributed by atoms with E-state index in [1.165, 1.54) is 53.2 Å². The van der Waals surface area contributed by atoms with Gasteiger partial charge in [-0.2, -0.15) is 0 Å². The molecule has 0 spiro atoms. The number of para-hydroxylation sites is 3. The third kappa shape index (κ3) is 5.24. The number of furan rings is 1. The van der Waals surface area contributed by atoms with E-state index in [9.17, 15) is 0 Å². The molecule has 0 saturated carbocycles. The lowest BCUT2D eigenvalue weighted by Gasteiger charge is -2.29. The number of anilines is 3. The van der Waals surface area contributed by atoms with Crippen molar-refractivity contribution in [2.75, 3.05) is 4.90 Å². The predicted molar refractivity (Wildman–Crippen MR) is 235 cm³/mol. The van der Waals surface area contributed by atoms with Crippen molar-refractivity contribution in [3.8, 4) is 33.4 Å². The van der Waals surface area contributed by atoms with Crippen LogP contribution >= 0.6 is 11.3 Å². The van der Waals surface area contributed by atoms with Gasteiger partial charge in [0.15, 0.2) is 0 Å². The lowest BCUT2D eigenvalue weighted by atomic mass is 9.95. The minimum absolute atomic E-state index is 0.900. The van der Waals surface area contributed by atoms with Crippen LogP contribution in [0.5, 0.6) is 0 Å². The van der Waals surface area contributed by atoms with E-state index < -0.39 is 0 Å². The monoisotopic (exact) mass is 719 g/mol. The zero-order valence-corrected chi connectivity index (χ0v) is 30.6. The molecule has 2 nitrogen and oxygen atoms in total. The standard InChI is InChI=1S/C52H33NOS/c1-2-20-39-34(14-1)15-11-26-42(39)43-21-3-6-29-48(43)53(37-18-9-16-35(32-37)40-24-12-27-46-44-22-4-7-30-49(44)54-51(40)46)38-19-10-17-36(33-38)41-25-13-28-47-45-23-5-8-31-50(45)55-52(41)47/h1-33H. The maximum atomic E-state index is 6.53. The van der Waals surface area contributed by atoms with Crippen molar-refractivity contribution >= 4 is 81.3 Å². The lowest BCUT2D eigenvalue weighted by molar-refractivity contribution is 0.670. The molecule has 0 saturated heterocycles. The molecular formula is C52H33NOS. The molecular weight excluding hydrogens is 687 g/mol. The van der Waals surface area contributed by atoms with Crippen LogP contribution in [0.1, 0.15) is 0 Å². The van der Waals surface area contributed by atoms with E-state index >= 15 is 0 Å². The molecule has 11 aromatic rings. The number of fused-ring (bicyclic) bond motifs is 7. The molecule has 0 N–H and O–H groups in total. The molecule has 0 atom stereocenters. The number of nitrogens with zero attached hydrogens (tertiary/aromatic N) is 1. The number of hydrogen-bond acceptors (Lipinski definition) is 3. The van der Waals surface area contributed by atoms with Crippen molar-refractivity contribution in [1.82, 2.24) is 0 Å². The van der Waals surface area contributed by atoms with Crippen molar-refractivity contribution in [3.63, 3.8) is 0 Å². The average Bonchev–Trinajstić information content (AvgIpc) is 3.83. The minimum Gasteiger partial charge on any atom is -0.455 e. The van der Waals surface area contributed by atoms with Crippen molar-refractivity contribution < 1.29 is 4.42 Å². The maximum absolute atomic E-state index is 6.53. The molecule has 0 amide bonds. The SMILES string of the molecule is c1cc(-c2cccc3c2oc2ccccc23)cc(N(c2cccc(-c3cccc4c3sc3ccccc34)c2)c2ccccc2-c2cccc3ccccc23)c1. The fraction of sp³-hybridized carbons (Fsp3) is 0. The number of thiophene rings is 1. The summed E-state index contributed by atoms with van der Waals surface area (Å²) in [6.07, 6.45) is 0. The molecule has 0 unspecified atom stereocenters. The fourth-order valence-corrected chi connectivity index (χ4v) is 9.60. The van der Waals surface area contributed by atoms with Crippen LogP contribution in [0.4, 0.5) is 17.1 Å². The first kappa shape index (κ1) is 31.6. The Morgan fingerprint density at radius 3 is 1.80 bits per heavy atom. The van der Waals surface area contributed by atoms with Crippen molar-refractivity contribution in [2.24, 2.45) is 0 Å². The van der Waals surface area contributed by atoms with Gasteiger partial charge in [-0.15, -0.1) is 11.3 Å². The Bertz CT molecular complexity index is 3080. The number of hydrogen-bond donors (Lipinski definition) is 0. The highest BCUT2D eigenvalue weighted by Crippen LogP contribution is 2.46. The summed E-state index contributed by atoms with van der Waals surface area (Å²) in [7, 11) is 0. The largest absolute Gasteiger partial charge is 0.455 e. The summed E-state index contributed by atoms with van der Waals surface area (Å²) in [5.74, 6) is 0. The summed E-state index contributed by atoms with van der Waals surface area (Å²) in [6.45, 7) is 0. The molecule has 0 aliphatic heterocycles. The Hall–Kier alpha value is -6.94. The molecule has 9 aromatic carbocycles. The normalized spacial score (nSPS) is 11.6. The first-order valence-electron chi connectivity index (χ1n) is 18.7. The minimum atomic E-state index is 0.900. The molecule has 2 aromatic heterocycles. The van der Waals surface area contributed by atoms with Gasteiger partial charge in [-0.25, -0.2) is 0 Å². The van der Waals surface area contributed by atoms with Gasteiger partial charge in [0.05, 0.1) is 5.69 Å². The van der Waals surface area contributed by atoms with Crippen molar-refractivity contribution in [2.45, 2.75) is 0 Å². The van der Waals surface area contributed by atoms with Gasteiger partial charge >= 0.3 is 0 Å². The van der Waals surface area contributed by atoms with Crippen LogP contribution < -0.4 is 4.90 Å². The van der Waals surface area contributed by atoms with E-state index in [0.717, 1.165) is 50.1 Å². The quantitative estimate of drug-likeness (QED) is 0.170. The maximum Gasteiger partial charge on any atom is 0.143 e. The summed E-state index contributed by atoms with van der Waals surface area (Å²) in [4.78, 5) is 2.42. The average molecular weight is 720 g/mol. The first-order valence-corrected chi connectivity index (χ1v) is 19.5. The van der Waals surface area contributed by atoms with Crippen LogP contribution in [-0.4, -0.2) is 0 Å². The fourth-order valence-electron chi connectivity index (χ4n) is 8.36. The van der Waals surface area contributed by atoms with E-state index in [-0.39, 0.29) is 0 Å². The van der Waals surface area contributed by atoms with E-state index in [4.69, 9.17) is 4.42 Å². The van der Waals surface area contributed by atoms with Crippen LogP contribution in [0.2, 0.25) is 0 Å². The Balaban J connectivity index is 1.14. The second kappa shape index (κ2) is 12.9. The topological polar surface area (TPSA) is 16.4 Å². The van der Waals surface area contributed by atoms with E-state index in [1.54, 1.807) is 0 Å². The molecule has 2 heterocycles. The van der Waals surface area contributed by atoms with Gasteiger partial charge in [-0.3, -0.25) is 0 Å². The third-order valence-corrected chi connectivity index (χ3v) is 12.1. The van der Waals surface area contributed by atoms with Crippen molar-refractivity contribution in [3.05, 3.63) is 200 Å². The first-order chi connectivity index (χ1) is 27.3. The Kier molecular flexibility index (Phi) is 7.39. The van der Waals surface area contributed by atoms with Crippen LogP contribution in [0.15, 0.2) is 205 Å². The van der Waals surface area contributed by atoms with Gasteiger partial charge in [0.25, 0.3) is 0 Å². The molecule has 3 heteroatoms. The van der Waals surface area contributed by atoms with Gasteiger partial charge in [-0.1, -0.05) is 158 Å². The molecule has 0 radical (unpaired) electrons. The third-order valence-electron chi connectivity index (χ3n) is 10.9. The zero-order valence-electron chi connectivity index (χ0n) is 29.8. The summed E-state index contributed by atoms with van der Waals surface area (Å²) in [5.41, 5.74) is 12.0. The Morgan fingerprint density at radius 1 is 0.382 bits per heavy atom. The molecule has 0 bridgehead atoms. The second-order valence-corrected chi connectivity index (χ2v) is 15.1. The molecule has 55 heavy (non-hydrogen) atoms. The summed E-state index contributed by atoms with van der Waals surface area (Å²) in [5, 5.41) is 7.32. The molecule has 0 aliphatic rings. The summed E-state index contributed by atoms with van der Waals surface area (Å²) < 4.78 is 9.15. The van der Waals surface area contributed by atoms with Gasteiger partial charge < -0.3 is 9.32 Å². The zero-order chi connectivity index (χ0) is 36.3. The predicted octanol–water partition coefficient (Wildman–Crippen LogP) is 15.6. The highest BCUT2D eigenvalue weighted by molar-refractivity contribution is 7.26. The number of benzene rings is 9. The van der Waals surface area contributed by atoms with Crippen LogP contribution in [0, 0.1) is 0 Å². The highest BCUT2D eigenvalue weighted by atomic mass is 32.1. The second-order valence-electron chi connectivity index (χ2n) is 14.0. The van der Waals surface area contributed by atoms with E-state index in [0.29, 0.717) is 0 Å². The highest BCUT2D eigenvalue weighted by Gasteiger charge is 2.21. The van der Waals surface area contributed by atoms with Crippen LogP contribution in [0.25, 0.3) is 86.3 Å².